The molecule has 2 rings (SSSR count). The molecule has 8 heteroatoms. The number of nitrogens with zero attached hydrogens (tertiary/aromatic N) is 2. The predicted octanol–water partition coefficient (Wildman–Crippen LogP) is 1.28. The van der Waals surface area contributed by atoms with Gasteiger partial charge in [0.1, 0.15) is 10.8 Å². The number of piperidine rings is 1. The molecule has 6 nitrogen and oxygen atoms in total. The van der Waals surface area contributed by atoms with Crippen molar-refractivity contribution in [3.05, 3.63) is 29.0 Å². The van der Waals surface area contributed by atoms with Crippen LogP contribution in [0.5, 0.6) is 0 Å². The average Bonchev–Trinajstić information content (AvgIpc) is 2.44. The minimum Gasteiger partial charge on any atom is -0.333 e. The molecule has 1 N–H and O–H groups in total. The number of nitrogens with one attached hydrogen (secondary N) is 1. The minimum absolute atomic E-state index is 0.151. The molecule has 0 aliphatic carbocycles. The zero-order chi connectivity index (χ0) is 15.5. The molecule has 0 saturated carbocycles. The van der Waals surface area contributed by atoms with Gasteiger partial charge < -0.3 is 4.90 Å². The summed E-state index contributed by atoms with van der Waals surface area (Å²) in [6, 6.07) is 4.75. The number of halogens is 1. The molecule has 0 aromatic carbocycles. The lowest BCUT2D eigenvalue weighted by atomic mass is 10.0. The number of amides is 1. The van der Waals surface area contributed by atoms with Gasteiger partial charge in [-0.3, -0.25) is 4.79 Å². The highest BCUT2D eigenvalue weighted by Crippen LogP contribution is 2.19. The van der Waals surface area contributed by atoms with Crippen molar-refractivity contribution in [2.75, 3.05) is 19.3 Å². The van der Waals surface area contributed by atoms with Crippen molar-refractivity contribution in [3.63, 3.8) is 0 Å². The molecule has 1 amide bonds. The van der Waals surface area contributed by atoms with Crippen molar-refractivity contribution in [2.45, 2.75) is 25.3 Å². The monoisotopic (exact) mass is 331 g/mol. The second-order valence-corrected chi connectivity index (χ2v) is 7.33. The van der Waals surface area contributed by atoms with Crippen LogP contribution in [0.3, 0.4) is 0 Å². The molecule has 0 radical (unpaired) electrons. The van der Waals surface area contributed by atoms with Gasteiger partial charge in [0.15, 0.2) is 0 Å². The largest absolute Gasteiger partial charge is 0.333 e. The maximum absolute atomic E-state index is 12.5. The summed E-state index contributed by atoms with van der Waals surface area (Å²) in [5, 5.41) is 0.267. The van der Waals surface area contributed by atoms with E-state index in [-0.39, 0.29) is 29.3 Å². The standard InChI is InChI=1S/C13H18ClN3O3S/c1-21(19,20)15-9-10-5-2-3-8-17(10)13(18)11-6-4-7-12(14)16-11/h4,6-7,10,15H,2-3,5,8-9H2,1H3. The van der Waals surface area contributed by atoms with Crippen molar-refractivity contribution in [2.24, 2.45) is 0 Å². The molecule has 1 unspecified atom stereocenters. The van der Waals surface area contributed by atoms with E-state index in [0.29, 0.717) is 6.54 Å². The number of hydrogen-bond acceptors (Lipinski definition) is 4. The summed E-state index contributed by atoms with van der Waals surface area (Å²) in [7, 11) is -3.27. The van der Waals surface area contributed by atoms with Gasteiger partial charge in [0.25, 0.3) is 5.91 Å². The van der Waals surface area contributed by atoms with Crippen LogP contribution in [0.2, 0.25) is 5.15 Å². The maximum Gasteiger partial charge on any atom is 0.272 e. The Morgan fingerprint density at radius 2 is 2.24 bits per heavy atom. The summed E-state index contributed by atoms with van der Waals surface area (Å²) < 4.78 is 24.9. The van der Waals surface area contributed by atoms with E-state index in [2.05, 4.69) is 9.71 Å². The highest BCUT2D eigenvalue weighted by Gasteiger charge is 2.28. The van der Waals surface area contributed by atoms with Crippen LogP contribution in [-0.4, -0.2) is 49.6 Å². The Morgan fingerprint density at radius 1 is 1.48 bits per heavy atom. The van der Waals surface area contributed by atoms with Gasteiger partial charge >= 0.3 is 0 Å². The predicted molar refractivity (Wildman–Crippen MR) is 80.8 cm³/mol. The van der Waals surface area contributed by atoms with Gasteiger partial charge in [-0.25, -0.2) is 18.1 Å². The van der Waals surface area contributed by atoms with Gasteiger partial charge in [0, 0.05) is 19.1 Å². The van der Waals surface area contributed by atoms with Gasteiger partial charge in [-0.1, -0.05) is 17.7 Å². The zero-order valence-electron chi connectivity index (χ0n) is 11.8. The van der Waals surface area contributed by atoms with Crippen LogP contribution in [0.15, 0.2) is 18.2 Å². The van der Waals surface area contributed by atoms with Crippen LogP contribution in [0.1, 0.15) is 29.8 Å². The van der Waals surface area contributed by atoms with Crippen molar-refractivity contribution in [3.8, 4) is 0 Å². The van der Waals surface area contributed by atoms with Crippen LogP contribution in [-0.2, 0) is 10.0 Å². The molecule has 1 saturated heterocycles. The molecular weight excluding hydrogens is 314 g/mol. The number of sulfonamides is 1. The number of aromatic nitrogens is 1. The molecule has 2 heterocycles. The fourth-order valence-electron chi connectivity index (χ4n) is 2.40. The number of carbonyl (C=O) groups is 1. The van der Waals surface area contributed by atoms with Crippen LogP contribution >= 0.6 is 11.6 Å². The van der Waals surface area contributed by atoms with E-state index in [0.717, 1.165) is 25.5 Å². The van der Waals surface area contributed by atoms with Crippen LogP contribution in [0.25, 0.3) is 0 Å². The quantitative estimate of drug-likeness (QED) is 0.843. The number of hydrogen-bond donors (Lipinski definition) is 1. The van der Waals surface area contributed by atoms with Crippen molar-refractivity contribution in [1.82, 2.24) is 14.6 Å². The zero-order valence-corrected chi connectivity index (χ0v) is 13.3. The second kappa shape index (κ2) is 6.72. The lowest BCUT2D eigenvalue weighted by Crippen LogP contribution is -2.49. The second-order valence-electron chi connectivity index (χ2n) is 5.11. The highest BCUT2D eigenvalue weighted by atomic mass is 35.5. The molecule has 0 spiro atoms. The fourth-order valence-corrected chi connectivity index (χ4v) is 3.06. The van der Waals surface area contributed by atoms with Crippen molar-refractivity contribution in [1.29, 1.82) is 0 Å². The molecule has 1 fully saturated rings. The number of rotatable bonds is 4. The molecule has 0 bridgehead atoms. The molecule has 1 aromatic rings. The summed E-state index contributed by atoms with van der Waals surface area (Å²) in [6.07, 6.45) is 3.76. The molecule has 1 aromatic heterocycles. The summed E-state index contributed by atoms with van der Waals surface area (Å²) in [5.41, 5.74) is 0.286. The summed E-state index contributed by atoms with van der Waals surface area (Å²) in [5.74, 6) is -0.211. The number of carbonyl (C=O) groups excluding carboxylic acids is 1. The smallest absolute Gasteiger partial charge is 0.272 e. The van der Waals surface area contributed by atoms with E-state index >= 15 is 0 Å². The Balaban J connectivity index is 2.12. The number of pyridine rings is 1. The molecule has 21 heavy (non-hydrogen) atoms. The Labute approximate surface area is 129 Å². The lowest BCUT2D eigenvalue weighted by molar-refractivity contribution is 0.0612. The van der Waals surface area contributed by atoms with E-state index in [4.69, 9.17) is 11.6 Å². The Hall–Kier alpha value is -1.18. The van der Waals surface area contributed by atoms with E-state index in [1.54, 1.807) is 23.1 Å². The average molecular weight is 332 g/mol. The van der Waals surface area contributed by atoms with Crippen LogP contribution in [0, 0.1) is 0 Å². The Morgan fingerprint density at radius 3 is 2.90 bits per heavy atom. The lowest BCUT2D eigenvalue weighted by Gasteiger charge is -2.35. The first-order valence-corrected chi connectivity index (χ1v) is 9.02. The number of likely N-dealkylation sites (tertiary alicyclic amines) is 1. The molecule has 1 aliphatic heterocycles. The van der Waals surface area contributed by atoms with Crippen LogP contribution < -0.4 is 4.72 Å². The Bertz CT molecular complexity index is 621. The molecular formula is C13H18ClN3O3S. The van der Waals surface area contributed by atoms with Gasteiger partial charge in [0.2, 0.25) is 10.0 Å². The molecule has 116 valence electrons. The minimum atomic E-state index is -3.27. The van der Waals surface area contributed by atoms with Gasteiger partial charge in [-0.15, -0.1) is 0 Å². The van der Waals surface area contributed by atoms with Crippen molar-refractivity contribution < 1.29 is 13.2 Å². The third-order valence-corrected chi connectivity index (χ3v) is 4.30. The highest BCUT2D eigenvalue weighted by molar-refractivity contribution is 7.88. The first kappa shape index (κ1) is 16.2. The summed E-state index contributed by atoms with van der Waals surface area (Å²) in [6.45, 7) is 0.828. The first-order valence-electron chi connectivity index (χ1n) is 6.75. The summed E-state index contributed by atoms with van der Waals surface area (Å²) in [4.78, 5) is 18.2. The molecule has 1 atom stereocenters. The van der Waals surface area contributed by atoms with Crippen LogP contribution in [0.4, 0.5) is 0 Å². The van der Waals surface area contributed by atoms with E-state index in [9.17, 15) is 13.2 Å². The fraction of sp³-hybridized carbons (Fsp3) is 0.538. The van der Waals surface area contributed by atoms with E-state index < -0.39 is 10.0 Å². The normalized spacial score (nSPS) is 19.5. The third-order valence-electron chi connectivity index (χ3n) is 3.40. The SMILES string of the molecule is CS(=O)(=O)NCC1CCCCN1C(=O)c1cccc(Cl)n1. The maximum atomic E-state index is 12.5. The van der Waals surface area contributed by atoms with Gasteiger partial charge in [0.05, 0.1) is 6.26 Å². The summed E-state index contributed by atoms with van der Waals surface area (Å²) >= 11 is 5.81. The van der Waals surface area contributed by atoms with Gasteiger partial charge in [-0.05, 0) is 31.4 Å². The first-order chi connectivity index (χ1) is 9.87. The van der Waals surface area contributed by atoms with E-state index in [1.807, 2.05) is 0 Å². The van der Waals surface area contributed by atoms with Gasteiger partial charge in [-0.2, -0.15) is 0 Å². The topological polar surface area (TPSA) is 79.4 Å². The third kappa shape index (κ3) is 4.66. The van der Waals surface area contributed by atoms with E-state index in [1.165, 1.54) is 0 Å². The molecule has 1 aliphatic rings. The van der Waals surface area contributed by atoms with Crippen molar-refractivity contribution >= 4 is 27.5 Å². The Kier molecular flexibility index (Phi) is 5.18.